The maximum Gasteiger partial charge on any atom is 0.417 e. The average molecular weight is 397 g/mol. The molecular weight excluding hydrogens is 381 g/mol. The molecule has 1 aromatic heterocycles. The van der Waals surface area contributed by atoms with Gasteiger partial charge in [0.2, 0.25) is 5.88 Å². The summed E-state index contributed by atoms with van der Waals surface area (Å²) in [4.78, 5) is 10.3. The first kappa shape index (κ1) is 20.5. The third kappa shape index (κ3) is 5.11. The van der Waals surface area contributed by atoms with Gasteiger partial charge in [-0.3, -0.25) is 0 Å². The maximum absolute atomic E-state index is 13.0. The summed E-state index contributed by atoms with van der Waals surface area (Å²) in [5.41, 5.74) is -0.0443. The van der Waals surface area contributed by atoms with Gasteiger partial charge in [0.25, 0.3) is 0 Å². The van der Waals surface area contributed by atoms with Crippen molar-refractivity contribution in [2.24, 2.45) is 4.99 Å². The molecule has 1 aromatic carbocycles. The second kappa shape index (κ2) is 8.27. The van der Waals surface area contributed by atoms with Gasteiger partial charge < -0.3 is 9.64 Å². The van der Waals surface area contributed by atoms with Crippen LogP contribution in [-0.2, 0) is 6.18 Å². The molecule has 0 spiro atoms. The lowest BCUT2D eigenvalue weighted by atomic mass is 10.2. The lowest BCUT2D eigenvalue weighted by molar-refractivity contribution is -0.137. The minimum Gasteiger partial charge on any atom is -0.438 e. The summed E-state index contributed by atoms with van der Waals surface area (Å²) in [6, 6.07) is 6.51. The molecule has 0 saturated carbocycles. The first-order chi connectivity index (χ1) is 12.7. The van der Waals surface area contributed by atoms with Crippen molar-refractivity contribution in [1.82, 2.24) is 9.88 Å². The SMILES string of the molecule is CCN(C)/C=N/c1cc(C#N)c(Oc2ccc(Cl)c(C(F)(F)F)c2)nc1C. The predicted octanol–water partition coefficient (Wildman–Crippen LogP) is 5.34. The quantitative estimate of drug-likeness (QED) is 0.505. The van der Waals surface area contributed by atoms with Crippen LogP contribution in [0.5, 0.6) is 11.6 Å². The Morgan fingerprint density at radius 1 is 1.37 bits per heavy atom. The molecule has 0 aliphatic heterocycles. The van der Waals surface area contributed by atoms with E-state index in [1.165, 1.54) is 12.1 Å². The van der Waals surface area contributed by atoms with Crippen molar-refractivity contribution in [3.05, 3.63) is 46.1 Å². The molecule has 2 aromatic rings. The summed E-state index contributed by atoms with van der Waals surface area (Å²) in [6.07, 6.45) is -3.03. The number of aryl methyl sites for hydroxylation is 1. The lowest BCUT2D eigenvalue weighted by Crippen LogP contribution is -2.14. The Hall–Kier alpha value is -2.79. The zero-order valence-electron chi connectivity index (χ0n) is 14.8. The molecule has 0 N–H and O–H groups in total. The number of rotatable bonds is 5. The first-order valence-corrected chi connectivity index (χ1v) is 8.24. The number of pyridine rings is 1. The van der Waals surface area contributed by atoms with Gasteiger partial charge in [0.1, 0.15) is 17.4 Å². The van der Waals surface area contributed by atoms with Gasteiger partial charge in [0.15, 0.2) is 0 Å². The smallest absolute Gasteiger partial charge is 0.417 e. The van der Waals surface area contributed by atoms with E-state index in [2.05, 4.69) is 9.98 Å². The van der Waals surface area contributed by atoms with Gasteiger partial charge in [-0.05, 0) is 38.1 Å². The van der Waals surface area contributed by atoms with E-state index in [9.17, 15) is 18.4 Å². The molecule has 0 fully saturated rings. The molecule has 1 heterocycles. The molecule has 2 rings (SSSR count). The van der Waals surface area contributed by atoms with Crippen LogP contribution in [0.15, 0.2) is 29.3 Å². The number of hydrogen-bond acceptors (Lipinski definition) is 4. The summed E-state index contributed by atoms with van der Waals surface area (Å²) in [5.74, 6) is -0.231. The molecule has 0 unspecified atom stereocenters. The van der Waals surface area contributed by atoms with Crippen LogP contribution in [0.2, 0.25) is 5.02 Å². The zero-order valence-corrected chi connectivity index (χ0v) is 15.6. The van der Waals surface area contributed by atoms with Crippen molar-refractivity contribution in [3.8, 4) is 17.7 Å². The molecule has 0 amide bonds. The largest absolute Gasteiger partial charge is 0.438 e. The highest BCUT2D eigenvalue weighted by Crippen LogP contribution is 2.38. The Balaban J connectivity index is 2.39. The third-order valence-corrected chi connectivity index (χ3v) is 3.95. The fourth-order valence-corrected chi connectivity index (χ4v) is 2.23. The summed E-state index contributed by atoms with van der Waals surface area (Å²) < 4.78 is 44.4. The van der Waals surface area contributed by atoms with E-state index >= 15 is 0 Å². The van der Waals surface area contributed by atoms with Crippen LogP contribution in [0, 0.1) is 18.3 Å². The minimum atomic E-state index is -4.62. The number of benzene rings is 1. The monoisotopic (exact) mass is 396 g/mol. The Morgan fingerprint density at radius 3 is 2.67 bits per heavy atom. The van der Waals surface area contributed by atoms with Crippen molar-refractivity contribution in [1.29, 1.82) is 5.26 Å². The number of hydrogen-bond donors (Lipinski definition) is 0. The molecule has 0 radical (unpaired) electrons. The standard InChI is InChI=1S/C18H16ClF3N4O/c1-4-26(3)10-24-16-7-12(9-23)17(25-11(16)2)27-13-5-6-15(19)14(8-13)18(20,21)22/h5-8,10H,4H2,1-3H3/b24-10+. The minimum absolute atomic E-state index is 0.0513. The second-order valence-electron chi connectivity index (χ2n) is 5.62. The molecule has 0 bridgehead atoms. The Morgan fingerprint density at radius 2 is 2.07 bits per heavy atom. The molecule has 142 valence electrons. The van der Waals surface area contributed by atoms with Crippen molar-refractivity contribution in [3.63, 3.8) is 0 Å². The first-order valence-electron chi connectivity index (χ1n) is 7.86. The molecule has 0 atom stereocenters. The molecule has 0 saturated heterocycles. The Kier molecular flexibility index (Phi) is 6.28. The van der Waals surface area contributed by atoms with Gasteiger partial charge in [0.05, 0.1) is 28.3 Å². The van der Waals surface area contributed by atoms with Crippen LogP contribution in [-0.4, -0.2) is 29.8 Å². The number of halogens is 4. The van der Waals surface area contributed by atoms with Crippen LogP contribution in [0.3, 0.4) is 0 Å². The molecule has 0 aliphatic rings. The molecule has 5 nitrogen and oxygen atoms in total. The third-order valence-electron chi connectivity index (χ3n) is 3.62. The fourth-order valence-electron chi connectivity index (χ4n) is 2.00. The average Bonchev–Trinajstić information content (AvgIpc) is 2.61. The molecule has 9 heteroatoms. The van der Waals surface area contributed by atoms with E-state index in [1.54, 1.807) is 13.3 Å². The van der Waals surface area contributed by atoms with Crippen LogP contribution < -0.4 is 4.74 Å². The Bertz CT molecular complexity index is 907. The maximum atomic E-state index is 13.0. The van der Waals surface area contributed by atoms with E-state index in [-0.39, 0.29) is 17.2 Å². The Labute approximate surface area is 159 Å². The molecule has 0 aliphatic carbocycles. The molecular formula is C18H16ClF3N4O. The van der Waals surface area contributed by atoms with Gasteiger partial charge >= 0.3 is 6.18 Å². The van der Waals surface area contributed by atoms with Crippen LogP contribution in [0.1, 0.15) is 23.7 Å². The summed E-state index contributed by atoms with van der Waals surface area (Å²) in [6.45, 7) is 4.37. The predicted molar refractivity (Wildman–Crippen MR) is 96.7 cm³/mol. The van der Waals surface area contributed by atoms with E-state index in [0.29, 0.717) is 11.4 Å². The van der Waals surface area contributed by atoms with Crippen LogP contribution >= 0.6 is 11.6 Å². The number of nitrogens with zero attached hydrogens (tertiary/aromatic N) is 4. The van der Waals surface area contributed by atoms with E-state index in [0.717, 1.165) is 18.7 Å². The van der Waals surface area contributed by atoms with Gasteiger partial charge in [-0.2, -0.15) is 18.4 Å². The highest BCUT2D eigenvalue weighted by Gasteiger charge is 2.33. The van der Waals surface area contributed by atoms with Gasteiger partial charge in [-0.1, -0.05) is 11.6 Å². The zero-order chi connectivity index (χ0) is 20.2. The highest BCUT2D eigenvalue weighted by molar-refractivity contribution is 6.31. The van der Waals surface area contributed by atoms with Crippen molar-refractivity contribution >= 4 is 23.6 Å². The number of aromatic nitrogens is 1. The van der Waals surface area contributed by atoms with Crippen LogP contribution in [0.25, 0.3) is 0 Å². The number of alkyl halides is 3. The van der Waals surface area contributed by atoms with Gasteiger partial charge in [-0.25, -0.2) is 9.98 Å². The normalized spacial score (nSPS) is 11.5. The number of nitriles is 1. The van der Waals surface area contributed by atoms with Crippen molar-refractivity contribution in [2.75, 3.05) is 13.6 Å². The van der Waals surface area contributed by atoms with Crippen molar-refractivity contribution in [2.45, 2.75) is 20.0 Å². The topological polar surface area (TPSA) is 61.5 Å². The van der Waals surface area contributed by atoms with E-state index in [4.69, 9.17) is 16.3 Å². The summed E-state index contributed by atoms with van der Waals surface area (Å²) in [7, 11) is 1.84. The summed E-state index contributed by atoms with van der Waals surface area (Å²) in [5, 5.41) is 8.89. The van der Waals surface area contributed by atoms with E-state index in [1.807, 2.05) is 24.9 Å². The second-order valence-corrected chi connectivity index (χ2v) is 6.02. The van der Waals surface area contributed by atoms with Crippen molar-refractivity contribution < 1.29 is 17.9 Å². The number of ether oxygens (including phenoxy) is 1. The number of aliphatic imine (C=N–C) groups is 1. The van der Waals surface area contributed by atoms with Gasteiger partial charge in [0, 0.05) is 13.6 Å². The molecule has 27 heavy (non-hydrogen) atoms. The summed E-state index contributed by atoms with van der Waals surface area (Å²) >= 11 is 5.60. The van der Waals surface area contributed by atoms with E-state index < -0.39 is 16.8 Å². The lowest BCUT2D eigenvalue weighted by Gasteiger charge is -2.13. The highest BCUT2D eigenvalue weighted by atomic mass is 35.5. The van der Waals surface area contributed by atoms with Gasteiger partial charge in [-0.15, -0.1) is 0 Å². The fraction of sp³-hybridized carbons (Fsp3) is 0.278. The van der Waals surface area contributed by atoms with Crippen LogP contribution in [0.4, 0.5) is 18.9 Å².